The van der Waals surface area contributed by atoms with Gasteiger partial charge in [-0.1, -0.05) is 13.8 Å². The van der Waals surface area contributed by atoms with Gasteiger partial charge >= 0.3 is 0 Å². The third kappa shape index (κ3) is 2.79. The molecule has 17 heavy (non-hydrogen) atoms. The van der Waals surface area contributed by atoms with E-state index in [9.17, 15) is 4.79 Å². The Hall–Kier alpha value is -0.220. The highest BCUT2D eigenvalue weighted by Crippen LogP contribution is 2.26. The van der Waals surface area contributed by atoms with E-state index in [2.05, 4.69) is 31.0 Å². The molecule has 0 aromatic heterocycles. The van der Waals surface area contributed by atoms with E-state index in [4.69, 9.17) is 0 Å². The summed E-state index contributed by atoms with van der Waals surface area (Å²) in [5, 5.41) is 3.96. The molecule has 2 fully saturated rings. The second-order valence-corrected chi connectivity index (χ2v) is 6.88. The van der Waals surface area contributed by atoms with Gasteiger partial charge in [-0.25, -0.2) is 0 Å². The Morgan fingerprint density at radius 1 is 1.35 bits per heavy atom. The van der Waals surface area contributed by atoms with Crippen LogP contribution in [0.1, 0.15) is 33.6 Å². The molecule has 0 aromatic carbocycles. The molecular formula is C13H24N2OS. The van der Waals surface area contributed by atoms with E-state index in [1.807, 2.05) is 11.8 Å². The minimum atomic E-state index is 0.0569. The molecule has 1 N–H and O–H groups in total. The normalized spacial score (nSPS) is 39.1. The molecule has 2 saturated heterocycles. The molecular weight excluding hydrogens is 232 g/mol. The van der Waals surface area contributed by atoms with Gasteiger partial charge in [-0.2, -0.15) is 11.8 Å². The lowest BCUT2D eigenvalue weighted by molar-refractivity contribution is -0.137. The number of carbonyl (C=O) groups is 1. The van der Waals surface area contributed by atoms with Gasteiger partial charge in [-0.15, -0.1) is 0 Å². The third-order valence-electron chi connectivity index (χ3n) is 4.20. The average molecular weight is 256 g/mol. The molecule has 0 spiro atoms. The lowest BCUT2D eigenvalue weighted by Crippen LogP contribution is -2.57. The Kier molecular flexibility index (Phi) is 4.36. The van der Waals surface area contributed by atoms with Crippen LogP contribution in [-0.4, -0.2) is 47.0 Å². The lowest BCUT2D eigenvalue weighted by Gasteiger charge is -2.41. The van der Waals surface area contributed by atoms with Gasteiger partial charge in [-0.05, 0) is 32.2 Å². The minimum absolute atomic E-state index is 0.0569. The zero-order chi connectivity index (χ0) is 12.4. The largest absolute Gasteiger partial charge is 0.337 e. The smallest absolute Gasteiger partial charge is 0.240 e. The Morgan fingerprint density at radius 2 is 2.12 bits per heavy atom. The molecule has 0 aliphatic carbocycles. The standard InChI is InChI=1S/C13H24N2OS/c1-9-5-4-6-14-12(9)13(16)15-7-8-17-11(3)10(15)2/h9-12,14H,4-8H2,1-3H3. The van der Waals surface area contributed by atoms with E-state index >= 15 is 0 Å². The van der Waals surface area contributed by atoms with Crippen molar-refractivity contribution in [1.82, 2.24) is 10.2 Å². The van der Waals surface area contributed by atoms with Gasteiger partial charge in [0, 0.05) is 23.6 Å². The van der Waals surface area contributed by atoms with Crippen LogP contribution in [0.2, 0.25) is 0 Å². The number of amides is 1. The molecule has 0 saturated carbocycles. The van der Waals surface area contributed by atoms with Crippen molar-refractivity contribution in [3.63, 3.8) is 0 Å². The Balaban J connectivity index is 2.02. The highest BCUT2D eigenvalue weighted by Gasteiger charge is 2.35. The number of hydrogen-bond acceptors (Lipinski definition) is 3. The molecule has 0 radical (unpaired) electrons. The van der Waals surface area contributed by atoms with Crippen molar-refractivity contribution in [1.29, 1.82) is 0 Å². The fraction of sp³-hybridized carbons (Fsp3) is 0.923. The van der Waals surface area contributed by atoms with E-state index in [0.29, 0.717) is 23.1 Å². The van der Waals surface area contributed by atoms with E-state index < -0.39 is 0 Å². The first-order valence-electron chi connectivity index (χ1n) is 6.76. The summed E-state index contributed by atoms with van der Waals surface area (Å²) in [5.41, 5.74) is 0. The minimum Gasteiger partial charge on any atom is -0.337 e. The molecule has 98 valence electrons. The summed E-state index contributed by atoms with van der Waals surface area (Å²) in [7, 11) is 0. The van der Waals surface area contributed by atoms with Gasteiger partial charge in [0.05, 0.1) is 6.04 Å². The van der Waals surface area contributed by atoms with Crippen LogP contribution in [-0.2, 0) is 4.79 Å². The van der Waals surface area contributed by atoms with Gasteiger partial charge in [0.15, 0.2) is 0 Å². The van der Waals surface area contributed by atoms with E-state index in [1.165, 1.54) is 12.8 Å². The molecule has 2 rings (SSSR count). The number of carbonyl (C=O) groups excluding carboxylic acids is 1. The maximum Gasteiger partial charge on any atom is 0.240 e. The molecule has 4 unspecified atom stereocenters. The Morgan fingerprint density at radius 3 is 2.82 bits per heavy atom. The van der Waals surface area contributed by atoms with Crippen molar-refractivity contribution in [2.75, 3.05) is 18.8 Å². The quantitative estimate of drug-likeness (QED) is 0.775. The molecule has 1 amide bonds. The molecule has 3 nitrogen and oxygen atoms in total. The van der Waals surface area contributed by atoms with Crippen LogP contribution in [0, 0.1) is 5.92 Å². The maximum absolute atomic E-state index is 12.6. The second-order valence-electron chi connectivity index (χ2n) is 5.40. The summed E-state index contributed by atoms with van der Waals surface area (Å²) in [6.07, 6.45) is 2.38. The molecule has 4 atom stereocenters. The summed E-state index contributed by atoms with van der Waals surface area (Å²) in [6, 6.07) is 0.429. The summed E-state index contributed by atoms with van der Waals surface area (Å²) >= 11 is 1.98. The number of nitrogens with one attached hydrogen (secondary N) is 1. The summed E-state index contributed by atoms with van der Waals surface area (Å²) in [5.74, 6) is 1.89. The average Bonchev–Trinajstić information content (AvgIpc) is 2.32. The van der Waals surface area contributed by atoms with E-state index in [0.717, 1.165) is 18.8 Å². The highest BCUT2D eigenvalue weighted by atomic mass is 32.2. The number of thioether (sulfide) groups is 1. The van der Waals surface area contributed by atoms with Crippen LogP contribution in [0.3, 0.4) is 0 Å². The van der Waals surface area contributed by atoms with Crippen molar-refractivity contribution < 1.29 is 4.79 Å². The molecule has 2 aliphatic rings. The van der Waals surface area contributed by atoms with Crippen LogP contribution in [0.5, 0.6) is 0 Å². The van der Waals surface area contributed by atoms with Gasteiger partial charge in [0.25, 0.3) is 0 Å². The number of rotatable bonds is 1. The third-order valence-corrected chi connectivity index (χ3v) is 5.54. The maximum atomic E-state index is 12.6. The summed E-state index contributed by atoms with van der Waals surface area (Å²) < 4.78 is 0. The molecule has 0 bridgehead atoms. The zero-order valence-electron chi connectivity index (χ0n) is 11.1. The zero-order valence-corrected chi connectivity index (χ0v) is 11.9. The molecule has 2 aliphatic heterocycles. The van der Waals surface area contributed by atoms with Crippen LogP contribution in [0.15, 0.2) is 0 Å². The summed E-state index contributed by atoms with van der Waals surface area (Å²) in [6.45, 7) is 8.52. The van der Waals surface area contributed by atoms with Gasteiger partial charge in [-0.3, -0.25) is 4.79 Å². The number of nitrogens with zero attached hydrogens (tertiary/aromatic N) is 1. The second kappa shape index (κ2) is 5.61. The fourth-order valence-corrected chi connectivity index (χ4v) is 3.90. The van der Waals surface area contributed by atoms with Crippen LogP contribution in [0.25, 0.3) is 0 Å². The predicted octanol–water partition coefficient (Wildman–Crippen LogP) is 1.73. The topological polar surface area (TPSA) is 32.3 Å². The van der Waals surface area contributed by atoms with Crippen LogP contribution in [0.4, 0.5) is 0 Å². The summed E-state index contributed by atoms with van der Waals surface area (Å²) in [4.78, 5) is 14.7. The first kappa shape index (κ1) is 13.2. The SMILES string of the molecule is CC1CCCNC1C(=O)N1CCSC(C)C1C. The number of hydrogen-bond donors (Lipinski definition) is 1. The van der Waals surface area contributed by atoms with Crippen LogP contribution < -0.4 is 5.32 Å². The fourth-order valence-electron chi connectivity index (χ4n) is 2.80. The monoisotopic (exact) mass is 256 g/mol. The highest BCUT2D eigenvalue weighted by molar-refractivity contribution is 8.00. The van der Waals surface area contributed by atoms with Crippen molar-refractivity contribution >= 4 is 17.7 Å². The van der Waals surface area contributed by atoms with Crippen molar-refractivity contribution in [3.05, 3.63) is 0 Å². The van der Waals surface area contributed by atoms with Gasteiger partial charge in [0.1, 0.15) is 0 Å². The first-order chi connectivity index (χ1) is 8.11. The van der Waals surface area contributed by atoms with E-state index in [1.54, 1.807) is 0 Å². The van der Waals surface area contributed by atoms with Gasteiger partial charge < -0.3 is 10.2 Å². The van der Waals surface area contributed by atoms with Crippen LogP contribution >= 0.6 is 11.8 Å². The number of piperidine rings is 1. The molecule has 4 heteroatoms. The Bertz CT molecular complexity index is 285. The lowest BCUT2D eigenvalue weighted by atomic mass is 9.91. The van der Waals surface area contributed by atoms with E-state index in [-0.39, 0.29) is 6.04 Å². The molecule has 2 heterocycles. The Labute approximate surface area is 109 Å². The predicted molar refractivity (Wildman–Crippen MR) is 73.3 cm³/mol. The van der Waals surface area contributed by atoms with Crippen molar-refractivity contribution in [3.8, 4) is 0 Å². The molecule has 0 aromatic rings. The first-order valence-corrected chi connectivity index (χ1v) is 7.81. The van der Waals surface area contributed by atoms with Crippen molar-refractivity contribution in [2.45, 2.75) is 50.9 Å². The van der Waals surface area contributed by atoms with Gasteiger partial charge in [0.2, 0.25) is 5.91 Å². The van der Waals surface area contributed by atoms with Crippen molar-refractivity contribution in [2.24, 2.45) is 5.92 Å².